The lowest BCUT2D eigenvalue weighted by Crippen LogP contribution is -2.33. The summed E-state index contributed by atoms with van der Waals surface area (Å²) in [6.07, 6.45) is 16.1. The van der Waals surface area contributed by atoms with Crippen molar-refractivity contribution in [1.29, 1.82) is 0 Å². The molecule has 0 saturated heterocycles. The van der Waals surface area contributed by atoms with Crippen LogP contribution in [0, 0.1) is 0 Å². The second kappa shape index (κ2) is 17.2. The third kappa shape index (κ3) is 13.5. The van der Waals surface area contributed by atoms with E-state index in [0.29, 0.717) is 18.1 Å². The zero-order valence-electron chi connectivity index (χ0n) is 15.1. The van der Waals surface area contributed by atoms with E-state index in [2.05, 4.69) is 31.4 Å². The Morgan fingerprint density at radius 3 is 1.55 bits per heavy atom. The van der Waals surface area contributed by atoms with E-state index in [1.165, 1.54) is 64.2 Å². The van der Waals surface area contributed by atoms with Crippen LogP contribution >= 0.6 is 12.6 Å². The first-order chi connectivity index (χ1) is 10.8. The maximum Gasteiger partial charge on any atom is 0.223 e. The average Bonchev–Trinajstić information content (AvgIpc) is 2.52. The van der Waals surface area contributed by atoms with Gasteiger partial charge in [-0.15, -0.1) is 0 Å². The molecule has 0 bridgehead atoms. The van der Waals surface area contributed by atoms with E-state index < -0.39 is 0 Å². The van der Waals surface area contributed by atoms with Gasteiger partial charge in [0, 0.05) is 19.5 Å². The van der Waals surface area contributed by atoms with E-state index in [9.17, 15) is 4.79 Å². The van der Waals surface area contributed by atoms with Crippen LogP contribution in [0.25, 0.3) is 0 Å². The van der Waals surface area contributed by atoms with Gasteiger partial charge < -0.3 is 4.90 Å². The van der Waals surface area contributed by atoms with Gasteiger partial charge in [-0.3, -0.25) is 4.79 Å². The predicted octanol–water partition coefficient (Wildman–Crippen LogP) is 5.86. The van der Waals surface area contributed by atoms with Crippen molar-refractivity contribution >= 4 is 18.5 Å². The number of unbranched alkanes of at least 4 members (excludes halogenated alkanes) is 10. The first-order valence-corrected chi connectivity index (χ1v) is 10.3. The molecule has 0 fully saturated rings. The fourth-order valence-electron chi connectivity index (χ4n) is 2.78. The zero-order valence-corrected chi connectivity index (χ0v) is 16.0. The highest BCUT2D eigenvalue weighted by Crippen LogP contribution is 2.10. The molecule has 0 aromatic carbocycles. The number of rotatable bonds is 16. The predicted molar refractivity (Wildman–Crippen MR) is 102 cm³/mol. The van der Waals surface area contributed by atoms with Crippen molar-refractivity contribution in [2.75, 3.05) is 18.8 Å². The summed E-state index contributed by atoms with van der Waals surface area (Å²) in [6, 6.07) is 0. The van der Waals surface area contributed by atoms with E-state index >= 15 is 0 Å². The lowest BCUT2D eigenvalue weighted by atomic mass is 10.1. The lowest BCUT2D eigenvalue weighted by Gasteiger charge is -2.22. The molecule has 0 aromatic rings. The molecule has 0 N–H and O–H groups in total. The van der Waals surface area contributed by atoms with Gasteiger partial charge in [-0.2, -0.15) is 12.6 Å². The number of hydrogen-bond donors (Lipinski definition) is 1. The van der Waals surface area contributed by atoms with Crippen molar-refractivity contribution in [3.8, 4) is 0 Å². The van der Waals surface area contributed by atoms with Gasteiger partial charge in [-0.05, 0) is 18.6 Å². The van der Waals surface area contributed by atoms with Crippen molar-refractivity contribution in [3.63, 3.8) is 0 Å². The number of carbonyl (C=O) groups excluding carboxylic acids is 1. The van der Waals surface area contributed by atoms with Crippen LogP contribution in [0.15, 0.2) is 0 Å². The molecule has 0 spiro atoms. The summed E-state index contributed by atoms with van der Waals surface area (Å²) in [7, 11) is 0. The fourth-order valence-corrected chi connectivity index (χ4v) is 2.97. The largest absolute Gasteiger partial charge is 0.343 e. The third-order valence-electron chi connectivity index (χ3n) is 4.24. The molecule has 2 nitrogen and oxygen atoms in total. The van der Waals surface area contributed by atoms with E-state index in [-0.39, 0.29) is 0 Å². The SMILES string of the molecule is CCCCCCCCN(CCCCCCCC)C(=O)CCS. The standard InChI is InChI=1S/C19H39NOS/c1-3-5-7-9-11-13-16-20(19(21)15-18-22)17-14-12-10-8-6-4-2/h22H,3-18H2,1-2H3. The number of carbonyl (C=O) groups is 1. The highest BCUT2D eigenvalue weighted by atomic mass is 32.1. The molecule has 22 heavy (non-hydrogen) atoms. The molecular formula is C19H39NOS. The van der Waals surface area contributed by atoms with Crippen molar-refractivity contribution in [3.05, 3.63) is 0 Å². The maximum absolute atomic E-state index is 12.2. The van der Waals surface area contributed by atoms with Gasteiger partial charge in [0.05, 0.1) is 0 Å². The summed E-state index contributed by atoms with van der Waals surface area (Å²) in [4.78, 5) is 14.2. The first kappa shape index (κ1) is 21.8. The molecule has 1 amide bonds. The van der Waals surface area contributed by atoms with Gasteiger partial charge in [0.1, 0.15) is 0 Å². The minimum Gasteiger partial charge on any atom is -0.343 e. The van der Waals surface area contributed by atoms with Crippen LogP contribution in [0.3, 0.4) is 0 Å². The maximum atomic E-state index is 12.2. The van der Waals surface area contributed by atoms with Crippen molar-refractivity contribution < 1.29 is 4.79 Å². The molecule has 0 aliphatic rings. The highest BCUT2D eigenvalue weighted by Gasteiger charge is 2.11. The number of amides is 1. The van der Waals surface area contributed by atoms with Crippen LogP contribution in [0.4, 0.5) is 0 Å². The molecular weight excluding hydrogens is 290 g/mol. The number of nitrogens with zero attached hydrogens (tertiary/aromatic N) is 1. The van der Waals surface area contributed by atoms with Crippen molar-refractivity contribution in [1.82, 2.24) is 4.90 Å². The van der Waals surface area contributed by atoms with Crippen LogP contribution in [0.5, 0.6) is 0 Å². The molecule has 0 aliphatic carbocycles. The highest BCUT2D eigenvalue weighted by molar-refractivity contribution is 7.80. The Bertz CT molecular complexity index is 230. The van der Waals surface area contributed by atoms with Crippen LogP contribution in [-0.4, -0.2) is 29.6 Å². The van der Waals surface area contributed by atoms with E-state index in [1.807, 2.05) is 0 Å². The fraction of sp³-hybridized carbons (Fsp3) is 0.947. The van der Waals surface area contributed by atoms with Gasteiger partial charge in [0.2, 0.25) is 5.91 Å². The Kier molecular flexibility index (Phi) is 17.0. The van der Waals surface area contributed by atoms with Crippen molar-refractivity contribution in [2.24, 2.45) is 0 Å². The van der Waals surface area contributed by atoms with E-state index in [0.717, 1.165) is 25.9 Å². The van der Waals surface area contributed by atoms with E-state index in [1.54, 1.807) is 0 Å². The Balaban J connectivity index is 3.82. The molecule has 132 valence electrons. The number of thiol groups is 1. The Morgan fingerprint density at radius 2 is 1.14 bits per heavy atom. The lowest BCUT2D eigenvalue weighted by molar-refractivity contribution is -0.130. The molecule has 0 atom stereocenters. The normalized spacial score (nSPS) is 10.9. The summed E-state index contributed by atoms with van der Waals surface area (Å²) in [5.41, 5.74) is 0. The Hall–Kier alpha value is -0.180. The van der Waals surface area contributed by atoms with Crippen LogP contribution in [0.1, 0.15) is 97.3 Å². The van der Waals surface area contributed by atoms with Crippen LogP contribution in [-0.2, 0) is 4.79 Å². The molecule has 0 heterocycles. The second-order valence-corrected chi connectivity index (χ2v) is 6.84. The van der Waals surface area contributed by atoms with E-state index in [4.69, 9.17) is 0 Å². The molecule has 0 rings (SSSR count). The molecule has 0 saturated carbocycles. The van der Waals surface area contributed by atoms with Crippen LogP contribution in [0.2, 0.25) is 0 Å². The molecule has 0 radical (unpaired) electrons. The smallest absolute Gasteiger partial charge is 0.223 e. The van der Waals surface area contributed by atoms with Gasteiger partial charge in [-0.25, -0.2) is 0 Å². The average molecular weight is 330 g/mol. The van der Waals surface area contributed by atoms with Gasteiger partial charge in [0.25, 0.3) is 0 Å². The molecule has 0 unspecified atom stereocenters. The zero-order chi connectivity index (χ0) is 16.5. The summed E-state index contributed by atoms with van der Waals surface area (Å²) in [5.74, 6) is 0.972. The molecule has 3 heteroatoms. The summed E-state index contributed by atoms with van der Waals surface area (Å²) < 4.78 is 0. The summed E-state index contributed by atoms with van der Waals surface area (Å²) in [6.45, 7) is 6.40. The number of hydrogen-bond acceptors (Lipinski definition) is 2. The first-order valence-electron chi connectivity index (χ1n) is 9.64. The van der Waals surface area contributed by atoms with Gasteiger partial charge in [0.15, 0.2) is 0 Å². The summed E-state index contributed by atoms with van der Waals surface area (Å²) in [5, 5.41) is 0. The topological polar surface area (TPSA) is 20.3 Å². The van der Waals surface area contributed by atoms with Crippen molar-refractivity contribution in [2.45, 2.75) is 97.3 Å². The quantitative estimate of drug-likeness (QED) is 0.278. The summed E-state index contributed by atoms with van der Waals surface area (Å²) >= 11 is 4.20. The minimum absolute atomic E-state index is 0.303. The Morgan fingerprint density at radius 1 is 0.727 bits per heavy atom. The second-order valence-electron chi connectivity index (χ2n) is 6.39. The van der Waals surface area contributed by atoms with Gasteiger partial charge >= 0.3 is 0 Å². The molecule has 0 aromatic heterocycles. The monoisotopic (exact) mass is 329 g/mol. The van der Waals surface area contributed by atoms with Gasteiger partial charge in [-0.1, -0.05) is 78.1 Å². The third-order valence-corrected chi connectivity index (χ3v) is 4.47. The minimum atomic E-state index is 0.303. The van der Waals surface area contributed by atoms with Crippen LogP contribution < -0.4 is 0 Å². The Labute approximate surface area is 144 Å². The molecule has 0 aliphatic heterocycles.